The number of hydrogen-bond donors (Lipinski definition) is 1. The summed E-state index contributed by atoms with van der Waals surface area (Å²) >= 11 is 0. The second-order valence-corrected chi connectivity index (χ2v) is 7.47. The summed E-state index contributed by atoms with van der Waals surface area (Å²) in [6, 6.07) is 13.1. The van der Waals surface area contributed by atoms with E-state index < -0.39 is 0 Å². The standard InChI is InChI=1S/C21H24FN3O/c1-15-3-8-18-19(11-15)24-20(23-18)12-25(2)13-21(9-10-26-14-21)16-4-6-17(22)7-5-16/h3-8,11H,9-10,12-14H2,1-2H3,(H,23,24). The Morgan fingerprint density at radius 3 is 2.77 bits per heavy atom. The SMILES string of the molecule is Cc1ccc2nc(CN(C)CC3(c4ccc(F)cc4)CCOC3)[nH]c2c1. The minimum Gasteiger partial charge on any atom is -0.380 e. The van der Waals surface area contributed by atoms with Gasteiger partial charge in [0, 0.05) is 18.6 Å². The summed E-state index contributed by atoms with van der Waals surface area (Å²) in [6.45, 7) is 5.07. The van der Waals surface area contributed by atoms with Gasteiger partial charge in [-0.15, -0.1) is 0 Å². The van der Waals surface area contributed by atoms with Crippen molar-refractivity contribution >= 4 is 11.0 Å². The molecule has 1 aliphatic rings. The average molecular weight is 353 g/mol. The summed E-state index contributed by atoms with van der Waals surface area (Å²) in [6.07, 6.45) is 0.947. The quantitative estimate of drug-likeness (QED) is 0.758. The molecular formula is C21H24FN3O. The van der Waals surface area contributed by atoms with Crippen LogP contribution in [0.5, 0.6) is 0 Å². The predicted molar refractivity (Wildman–Crippen MR) is 101 cm³/mol. The van der Waals surface area contributed by atoms with Crippen molar-refractivity contribution in [1.29, 1.82) is 0 Å². The first kappa shape index (κ1) is 17.2. The molecule has 26 heavy (non-hydrogen) atoms. The minimum atomic E-state index is -0.200. The van der Waals surface area contributed by atoms with Gasteiger partial charge in [-0.3, -0.25) is 4.90 Å². The second-order valence-electron chi connectivity index (χ2n) is 7.47. The molecule has 0 amide bonds. The van der Waals surface area contributed by atoms with Gasteiger partial charge in [0.15, 0.2) is 0 Å². The van der Waals surface area contributed by atoms with Gasteiger partial charge in [-0.2, -0.15) is 0 Å². The van der Waals surface area contributed by atoms with Crippen LogP contribution in [0.3, 0.4) is 0 Å². The van der Waals surface area contributed by atoms with Gasteiger partial charge in [-0.05, 0) is 55.8 Å². The molecule has 1 atom stereocenters. The molecule has 136 valence electrons. The van der Waals surface area contributed by atoms with Crippen LogP contribution in [0, 0.1) is 12.7 Å². The Bertz CT molecular complexity index is 897. The number of fused-ring (bicyclic) bond motifs is 1. The number of halogens is 1. The molecule has 2 heterocycles. The molecule has 1 aromatic heterocycles. The average Bonchev–Trinajstić information content (AvgIpc) is 3.22. The molecule has 4 nitrogen and oxygen atoms in total. The number of aryl methyl sites for hydroxylation is 1. The maximum atomic E-state index is 13.3. The van der Waals surface area contributed by atoms with E-state index in [0.29, 0.717) is 6.61 Å². The number of nitrogens with zero attached hydrogens (tertiary/aromatic N) is 2. The maximum absolute atomic E-state index is 13.3. The molecule has 2 aromatic carbocycles. The van der Waals surface area contributed by atoms with Crippen molar-refractivity contribution in [2.45, 2.75) is 25.3 Å². The van der Waals surface area contributed by atoms with Crippen molar-refractivity contribution in [2.75, 3.05) is 26.8 Å². The van der Waals surface area contributed by atoms with Gasteiger partial charge in [0.1, 0.15) is 11.6 Å². The van der Waals surface area contributed by atoms with Gasteiger partial charge in [0.25, 0.3) is 0 Å². The first-order valence-electron chi connectivity index (χ1n) is 9.02. The molecule has 0 aliphatic carbocycles. The number of nitrogens with one attached hydrogen (secondary N) is 1. The smallest absolute Gasteiger partial charge is 0.123 e. The predicted octanol–water partition coefficient (Wildman–Crippen LogP) is 3.80. The summed E-state index contributed by atoms with van der Waals surface area (Å²) < 4.78 is 19.0. The lowest BCUT2D eigenvalue weighted by Crippen LogP contribution is -2.39. The number of rotatable bonds is 5. The van der Waals surface area contributed by atoms with Crippen molar-refractivity contribution in [2.24, 2.45) is 0 Å². The number of hydrogen-bond acceptors (Lipinski definition) is 3. The fourth-order valence-corrected chi connectivity index (χ4v) is 3.93. The molecule has 1 aliphatic heterocycles. The number of imidazole rings is 1. The molecule has 0 bridgehead atoms. The Morgan fingerprint density at radius 1 is 1.23 bits per heavy atom. The van der Waals surface area contributed by atoms with Gasteiger partial charge in [0.2, 0.25) is 0 Å². The Morgan fingerprint density at radius 2 is 2.04 bits per heavy atom. The molecule has 1 fully saturated rings. The number of H-pyrrole nitrogens is 1. The van der Waals surface area contributed by atoms with E-state index in [2.05, 4.69) is 42.1 Å². The van der Waals surface area contributed by atoms with E-state index in [1.54, 1.807) is 0 Å². The number of aromatic nitrogens is 2. The largest absolute Gasteiger partial charge is 0.380 e. The normalized spacial score (nSPS) is 20.3. The summed E-state index contributed by atoms with van der Waals surface area (Å²) in [5, 5.41) is 0. The van der Waals surface area contributed by atoms with Crippen LogP contribution in [0.2, 0.25) is 0 Å². The summed E-state index contributed by atoms with van der Waals surface area (Å²) in [5.41, 5.74) is 4.34. The van der Waals surface area contributed by atoms with Crippen molar-refractivity contribution in [3.8, 4) is 0 Å². The Hall–Kier alpha value is -2.24. The lowest BCUT2D eigenvalue weighted by molar-refractivity contribution is 0.157. The third-order valence-electron chi connectivity index (χ3n) is 5.24. The maximum Gasteiger partial charge on any atom is 0.123 e. The van der Waals surface area contributed by atoms with E-state index in [1.165, 1.54) is 17.7 Å². The van der Waals surface area contributed by atoms with Crippen LogP contribution in [0.25, 0.3) is 11.0 Å². The topological polar surface area (TPSA) is 41.2 Å². The van der Waals surface area contributed by atoms with Gasteiger partial charge in [-0.1, -0.05) is 18.2 Å². The highest BCUT2D eigenvalue weighted by atomic mass is 19.1. The van der Waals surface area contributed by atoms with Crippen molar-refractivity contribution in [3.63, 3.8) is 0 Å². The van der Waals surface area contributed by atoms with Crippen LogP contribution < -0.4 is 0 Å². The molecule has 3 aromatic rings. The van der Waals surface area contributed by atoms with Crippen LogP contribution in [-0.2, 0) is 16.7 Å². The molecule has 0 radical (unpaired) electrons. The number of aromatic amines is 1. The zero-order chi connectivity index (χ0) is 18.1. The summed E-state index contributed by atoms with van der Waals surface area (Å²) in [5.74, 6) is 0.759. The van der Waals surface area contributed by atoms with E-state index >= 15 is 0 Å². The highest BCUT2D eigenvalue weighted by Gasteiger charge is 2.37. The van der Waals surface area contributed by atoms with Crippen molar-refractivity contribution in [1.82, 2.24) is 14.9 Å². The Balaban J connectivity index is 1.52. The third-order valence-corrected chi connectivity index (χ3v) is 5.24. The molecule has 1 saturated heterocycles. The molecule has 0 saturated carbocycles. The first-order valence-corrected chi connectivity index (χ1v) is 9.02. The van der Waals surface area contributed by atoms with Gasteiger partial charge < -0.3 is 9.72 Å². The fourth-order valence-electron chi connectivity index (χ4n) is 3.93. The minimum absolute atomic E-state index is 0.0922. The lowest BCUT2D eigenvalue weighted by atomic mass is 9.79. The summed E-state index contributed by atoms with van der Waals surface area (Å²) in [7, 11) is 2.10. The number of likely N-dealkylation sites (N-methyl/N-ethyl adjacent to an activating group) is 1. The molecule has 5 heteroatoms. The van der Waals surface area contributed by atoms with Gasteiger partial charge >= 0.3 is 0 Å². The zero-order valence-corrected chi connectivity index (χ0v) is 15.3. The summed E-state index contributed by atoms with van der Waals surface area (Å²) in [4.78, 5) is 10.4. The molecule has 4 rings (SSSR count). The van der Waals surface area contributed by atoms with Crippen LogP contribution in [0.4, 0.5) is 4.39 Å². The van der Waals surface area contributed by atoms with Crippen molar-refractivity contribution in [3.05, 3.63) is 65.2 Å². The third kappa shape index (κ3) is 3.37. The molecule has 1 unspecified atom stereocenters. The monoisotopic (exact) mass is 353 g/mol. The first-order chi connectivity index (χ1) is 12.5. The van der Waals surface area contributed by atoms with Crippen LogP contribution in [0.1, 0.15) is 23.4 Å². The number of ether oxygens (including phenoxy) is 1. The van der Waals surface area contributed by atoms with Crippen LogP contribution >= 0.6 is 0 Å². The van der Waals surface area contributed by atoms with E-state index in [0.717, 1.165) is 48.5 Å². The highest BCUT2D eigenvalue weighted by Crippen LogP contribution is 2.34. The van der Waals surface area contributed by atoms with E-state index in [9.17, 15) is 4.39 Å². The molecular weight excluding hydrogens is 329 g/mol. The number of benzene rings is 2. The van der Waals surface area contributed by atoms with E-state index in [1.807, 2.05) is 12.1 Å². The van der Waals surface area contributed by atoms with Gasteiger partial charge in [0.05, 0.1) is 24.2 Å². The van der Waals surface area contributed by atoms with Gasteiger partial charge in [-0.25, -0.2) is 9.37 Å². The Kier molecular flexibility index (Phi) is 4.51. The zero-order valence-electron chi connectivity index (χ0n) is 15.3. The molecule has 1 N–H and O–H groups in total. The lowest BCUT2D eigenvalue weighted by Gasteiger charge is -2.32. The highest BCUT2D eigenvalue weighted by molar-refractivity contribution is 5.75. The van der Waals surface area contributed by atoms with Crippen LogP contribution in [0.15, 0.2) is 42.5 Å². The van der Waals surface area contributed by atoms with Crippen molar-refractivity contribution < 1.29 is 9.13 Å². The molecule has 0 spiro atoms. The second kappa shape index (κ2) is 6.82. The van der Waals surface area contributed by atoms with Crippen LogP contribution in [-0.4, -0.2) is 41.7 Å². The van der Waals surface area contributed by atoms with E-state index in [-0.39, 0.29) is 11.2 Å². The fraction of sp³-hybridized carbons (Fsp3) is 0.381. The Labute approximate surface area is 153 Å². The van der Waals surface area contributed by atoms with E-state index in [4.69, 9.17) is 9.72 Å².